The standard InChI is InChI=1S/C18H20ClN3O2/c19-16-20-12-9-15(21-16)18(10-5-2-6-11-18)22-17(23)24-13-14-7-3-1-4-8-14/h1,3-4,7-9,12H,2,5-6,10-11,13H2,(H,22,23). The van der Waals surface area contributed by atoms with Crippen molar-refractivity contribution < 1.29 is 9.53 Å². The quantitative estimate of drug-likeness (QED) is 0.843. The zero-order valence-corrected chi connectivity index (χ0v) is 14.1. The maximum atomic E-state index is 12.3. The Morgan fingerprint density at radius 1 is 1.17 bits per heavy atom. The monoisotopic (exact) mass is 345 g/mol. The molecular formula is C18H20ClN3O2. The first kappa shape index (κ1) is 16.7. The number of halogens is 1. The van der Waals surface area contributed by atoms with E-state index in [1.807, 2.05) is 36.4 Å². The molecule has 1 fully saturated rings. The normalized spacial score (nSPS) is 16.4. The lowest BCUT2D eigenvalue weighted by molar-refractivity contribution is 0.116. The van der Waals surface area contributed by atoms with Crippen molar-refractivity contribution in [1.29, 1.82) is 0 Å². The minimum Gasteiger partial charge on any atom is -0.445 e. The van der Waals surface area contributed by atoms with Crippen molar-refractivity contribution >= 4 is 17.7 Å². The summed E-state index contributed by atoms with van der Waals surface area (Å²) in [5.41, 5.74) is 1.17. The fraction of sp³-hybridized carbons (Fsp3) is 0.389. The molecule has 126 valence electrons. The molecule has 1 aromatic heterocycles. The van der Waals surface area contributed by atoms with Gasteiger partial charge >= 0.3 is 6.09 Å². The van der Waals surface area contributed by atoms with E-state index < -0.39 is 11.6 Å². The van der Waals surface area contributed by atoms with Gasteiger partial charge in [0.1, 0.15) is 6.61 Å². The van der Waals surface area contributed by atoms with Crippen LogP contribution in [0, 0.1) is 0 Å². The van der Waals surface area contributed by atoms with E-state index in [0.29, 0.717) is 0 Å². The van der Waals surface area contributed by atoms with Crippen LogP contribution in [-0.2, 0) is 16.9 Å². The molecule has 0 atom stereocenters. The second kappa shape index (κ2) is 7.62. The molecule has 1 saturated carbocycles. The summed E-state index contributed by atoms with van der Waals surface area (Å²) in [4.78, 5) is 20.6. The largest absolute Gasteiger partial charge is 0.445 e. The third-order valence-electron chi connectivity index (χ3n) is 4.38. The van der Waals surface area contributed by atoms with Gasteiger partial charge in [-0.05, 0) is 36.1 Å². The zero-order chi connectivity index (χ0) is 16.8. The third-order valence-corrected chi connectivity index (χ3v) is 4.56. The van der Waals surface area contributed by atoms with Crippen LogP contribution in [0.15, 0.2) is 42.6 Å². The van der Waals surface area contributed by atoms with Crippen molar-refractivity contribution in [3.63, 3.8) is 0 Å². The summed E-state index contributed by atoms with van der Waals surface area (Å²) >= 11 is 5.94. The number of carbonyl (C=O) groups is 1. The molecule has 1 aliphatic carbocycles. The minimum atomic E-state index is -0.529. The Labute approximate surface area is 146 Å². The number of ether oxygens (including phenoxy) is 1. The highest BCUT2D eigenvalue weighted by atomic mass is 35.5. The van der Waals surface area contributed by atoms with Crippen LogP contribution in [0.4, 0.5) is 4.79 Å². The highest BCUT2D eigenvalue weighted by molar-refractivity contribution is 6.28. The lowest BCUT2D eigenvalue weighted by atomic mass is 9.79. The Morgan fingerprint density at radius 2 is 1.92 bits per heavy atom. The van der Waals surface area contributed by atoms with Crippen LogP contribution in [0.5, 0.6) is 0 Å². The van der Waals surface area contributed by atoms with E-state index in [-0.39, 0.29) is 11.9 Å². The van der Waals surface area contributed by atoms with Gasteiger partial charge in [-0.15, -0.1) is 0 Å². The number of hydrogen-bond acceptors (Lipinski definition) is 4. The van der Waals surface area contributed by atoms with Crippen molar-refractivity contribution in [1.82, 2.24) is 15.3 Å². The van der Waals surface area contributed by atoms with Crippen LogP contribution in [0.25, 0.3) is 0 Å². The van der Waals surface area contributed by atoms with E-state index in [9.17, 15) is 4.79 Å². The molecule has 1 amide bonds. The van der Waals surface area contributed by atoms with Gasteiger partial charge in [-0.25, -0.2) is 14.8 Å². The molecule has 2 aromatic rings. The molecule has 0 saturated heterocycles. The van der Waals surface area contributed by atoms with Crippen LogP contribution in [-0.4, -0.2) is 16.1 Å². The Bertz CT molecular complexity index is 688. The molecule has 1 N–H and O–H groups in total. The van der Waals surface area contributed by atoms with Gasteiger partial charge in [0, 0.05) is 6.20 Å². The number of benzene rings is 1. The Hall–Kier alpha value is -2.14. The number of amides is 1. The fourth-order valence-electron chi connectivity index (χ4n) is 3.16. The van der Waals surface area contributed by atoms with Crippen LogP contribution < -0.4 is 5.32 Å². The molecule has 1 heterocycles. The van der Waals surface area contributed by atoms with E-state index in [1.54, 1.807) is 6.20 Å². The first-order valence-electron chi connectivity index (χ1n) is 8.16. The van der Waals surface area contributed by atoms with E-state index in [4.69, 9.17) is 16.3 Å². The summed E-state index contributed by atoms with van der Waals surface area (Å²) < 4.78 is 5.38. The van der Waals surface area contributed by atoms with E-state index in [0.717, 1.165) is 43.4 Å². The van der Waals surface area contributed by atoms with Crippen molar-refractivity contribution in [3.8, 4) is 0 Å². The number of aromatic nitrogens is 2. The summed E-state index contributed by atoms with van der Waals surface area (Å²) in [5.74, 6) is 0. The molecule has 24 heavy (non-hydrogen) atoms. The predicted octanol–water partition coefficient (Wildman–Crippen LogP) is 4.22. The Morgan fingerprint density at radius 3 is 2.62 bits per heavy atom. The van der Waals surface area contributed by atoms with Crippen molar-refractivity contribution in [2.75, 3.05) is 0 Å². The second-order valence-corrected chi connectivity index (χ2v) is 6.38. The lowest BCUT2D eigenvalue weighted by Crippen LogP contribution is -2.48. The van der Waals surface area contributed by atoms with Crippen molar-refractivity contribution in [2.45, 2.75) is 44.2 Å². The molecule has 1 aromatic carbocycles. The maximum Gasteiger partial charge on any atom is 0.408 e. The average molecular weight is 346 g/mol. The molecular weight excluding hydrogens is 326 g/mol. The number of nitrogens with one attached hydrogen (secondary N) is 1. The van der Waals surface area contributed by atoms with Crippen LogP contribution in [0.3, 0.4) is 0 Å². The Kier molecular flexibility index (Phi) is 5.30. The third kappa shape index (κ3) is 4.03. The maximum absolute atomic E-state index is 12.3. The summed E-state index contributed by atoms with van der Waals surface area (Å²) in [6.07, 6.45) is 6.04. The summed E-state index contributed by atoms with van der Waals surface area (Å²) in [5, 5.41) is 3.23. The molecule has 0 radical (unpaired) electrons. The summed E-state index contributed by atoms with van der Waals surface area (Å²) in [6.45, 7) is 0.243. The van der Waals surface area contributed by atoms with Crippen LogP contribution >= 0.6 is 11.6 Å². The zero-order valence-electron chi connectivity index (χ0n) is 13.4. The topological polar surface area (TPSA) is 64.1 Å². The number of alkyl carbamates (subject to hydrolysis) is 1. The van der Waals surface area contributed by atoms with Gasteiger partial charge in [0.05, 0.1) is 11.2 Å². The smallest absolute Gasteiger partial charge is 0.408 e. The molecule has 5 nitrogen and oxygen atoms in total. The van der Waals surface area contributed by atoms with Gasteiger partial charge in [0.15, 0.2) is 0 Å². The fourth-order valence-corrected chi connectivity index (χ4v) is 3.30. The van der Waals surface area contributed by atoms with Crippen molar-refractivity contribution in [2.24, 2.45) is 0 Å². The first-order valence-corrected chi connectivity index (χ1v) is 8.54. The van der Waals surface area contributed by atoms with Crippen LogP contribution in [0.1, 0.15) is 43.4 Å². The summed E-state index contributed by atoms with van der Waals surface area (Å²) in [7, 11) is 0. The van der Waals surface area contributed by atoms with E-state index in [1.165, 1.54) is 0 Å². The number of carbonyl (C=O) groups excluding carboxylic acids is 1. The number of hydrogen-bond donors (Lipinski definition) is 1. The van der Waals surface area contributed by atoms with Gasteiger partial charge in [-0.1, -0.05) is 49.6 Å². The van der Waals surface area contributed by atoms with Crippen molar-refractivity contribution in [3.05, 3.63) is 59.1 Å². The lowest BCUT2D eigenvalue weighted by Gasteiger charge is -2.37. The molecule has 0 bridgehead atoms. The highest BCUT2D eigenvalue weighted by Gasteiger charge is 2.37. The van der Waals surface area contributed by atoms with E-state index in [2.05, 4.69) is 15.3 Å². The minimum absolute atomic E-state index is 0.192. The molecule has 3 rings (SSSR count). The number of rotatable bonds is 4. The van der Waals surface area contributed by atoms with E-state index >= 15 is 0 Å². The van der Waals surface area contributed by atoms with Gasteiger partial charge < -0.3 is 10.1 Å². The van der Waals surface area contributed by atoms with Gasteiger partial charge in [0.25, 0.3) is 0 Å². The Balaban J connectivity index is 1.71. The van der Waals surface area contributed by atoms with Gasteiger partial charge in [-0.3, -0.25) is 0 Å². The molecule has 6 heteroatoms. The second-order valence-electron chi connectivity index (χ2n) is 6.04. The molecule has 1 aliphatic rings. The van der Waals surface area contributed by atoms with Gasteiger partial charge in [0.2, 0.25) is 5.28 Å². The first-order chi connectivity index (χ1) is 11.7. The summed E-state index contributed by atoms with van der Waals surface area (Å²) in [6, 6.07) is 11.4. The van der Waals surface area contributed by atoms with Crippen LogP contribution in [0.2, 0.25) is 5.28 Å². The average Bonchev–Trinajstić information content (AvgIpc) is 2.62. The highest BCUT2D eigenvalue weighted by Crippen LogP contribution is 2.36. The molecule has 0 unspecified atom stereocenters. The SMILES string of the molecule is O=C(NC1(c2ccnc(Cl)n2)CCCCC1)OCc1ccccc1. The molecule has 0 aliphatic heterocycles. The number of nitrogens with zero attached hydrogens (tertiary/aromatic N) is 2. The predicted molar refractivity (Wildman–Crippen MR) is 91.6 cm³/mol. The van der Waals surface area contributed by atoms with Gasteiger partial charge in [-0.2, -0.15) is 0 Å². The molecule has 0 spiro atoms.